The third kappa shape index (κ3) is 1.88. The van der Waals surface area contributed by atoms with Crippen LogP contribution in [-0.2, 0) is 4.74 Å². The lowest BCUT2D eigenvalue weighted by Gasteiger charge is -2.31. The van der Waals surface area contributed by atoms with E-state index in [9.17, 15) is 9.59 Å². The van der Waals surface area contributed by atoms with Crippen LogP contribution < -0.4 is 0 Å². The second-order valence-electron chi connectivity index (χ2n) is 4.64. The van der Waals surface area contributed by atoms with Gasteiger partial charge in [0.25, 0.3) is 5.91 Å². The van der Waals surface area contributed by atoms with Crippen LogP contribution in [0.25, 0.3) is 0 Å². The van der Waals surface area contributed by atoms with Crippen LogP contribution in [0.1, 0.15) is 34.0 Å². The first kappa shape index (κ1) is 11.3. The monoisotopic (exact) mass is 251 g/mol. The molecule has 1 aromatic rings. The van der Waals surface area contributed by atoms with Gasteiger partial charge in [0.05, 0.1) is 12.2 Å². The van der Waals surface area contributed by atoms with Gasteiger partial charge in [-0.2, -0.15) is 0 Å². The number of morpholine rings is 1. The highest BCUT2D eigenvalue weighted by molar-refractivity contribution is 5.93. The van der Waals surface area contributed by atoms with Crippen molar-refractivity contribution in [1.29, 1.82) is 0 Å². The number of carbonyl (C=O) groups excluding carboxylic acids is 1. The fourth-order valence-electron chi connectivity index (χ4n) is 2.50. The SMILES string of the molecule is O=C(O)c1ccc(C(=O)N2CC3CCC(C2)O3)o1. The normalized spacial score (nSPS) is 26.3. The number of amides is 1. The maximum atomic E-state index is 12.1. The molecule has 0 aromatic carbocycles. The van der Waals surface area contributed by atoms with Gasteiger partial charge in [-0.25, -0.2) is 4.79 Å². The molecule has 2 unspecified atom stereocenters. The van der Waals surface area contributed by atoms with Crippen molar-refractivity contribution in [3.63, 3.8) is 0 Å². The number of furan rings is 1. The number of rotatable bonds is 2. The van der Waals surface area contributed by atoms with E-state index >= 15 is 0 Å². The standard InChI is InChI=1S/C12H13NO5/c14-11(9-3-4-10(18-9)12(15)16)13-5-7-1-2-8(6-13)17-7/h3-4,7-8H,1-2,5-6H2,(H,15,16). The summed E-state index contributed by atoms with van der Waals surface area (Å²) in [5, 5.41) is 8.75. The van der Waals surface area contributed by atoms with Gasteiger partial charge < -0.3 is 19.2 Å². The minimum Gasteiger partial charge on any atom is -0.475 e. The van der Waals surface area contributed by atoms with Crippen LogP contribution >= 0.6 is 0 Å². The second-order valence-corrected chi connectivity index (χ2v) is 4.64. The predicted octanol–water partition coefficient (Wildman–Crippen LogP) is 0.981. The highest BCUT2D eigenvalue weighted by atomic mass is 16.5. The molecule has 2 atom stereocenters. The summed E-state index contributed by atoms with van der Waals surface area (Å²) in [6, 6.07) is 2.70. The fraction of sp³-hybridized carbons (Fsp3) is 0.500. The number of aromatic carboxylic acids is 1. The lowest BCUT2D eigenvalue weighted by atomic mass is 10.2. The molecule has 0 saturated carbocycles. The predicted molar refractivity (Wildman–Crippen MR) is 59.5 cm³/mol. The Kier molecular flexibility index (Phi) is 2.59. The summed E-state index contributed by atoms with van der Waals surface area (Å²) in [4.78, 5) is 24.5. The number of likely N-dealkylation sites (tertiary alicyclic amines) is 1. The topological polar surface area (TPSA) is 80.0 Å². The van der Waals surface area contributed by atoms with Crippen molar-refractivity contribution in [2.24, 2.45) is 0 Å². The first-order chi connectivity index (χ1) is 8.63. The Morgan fingerprint density at radius 2 is 1.78 bits per heavy atom. The lowest BCUT2D eigenvalue weighted by Crippen LogP contribution is -2.45. The second kappa shape index (κ2) is 4.13. The fourth-order valence-corrected chi connectivity index (χ4v) is 2.50. The molecule has 1 aromatic heterocycles. The Bertz CT molecular complexity index is 482. The average molecular weight is 251 g/mol. The molecule has 1 amide bonds. The van der Waals surface area contributed by atoms with E-state index in [1.165, 1.54) is 12.1 Å². The Morgan fingerprint density at radius 1 is 1.17 bits per heavy atom. The van der Waals surface area contributed by atoms with Crippen LogP contribution in [0.3, 0.4) is 0 Å². The van der Waals surface area contributed by atoms with E-state index in [4.69, 9.17) is 14.3 Å². The highest BCUT2D eigenvalue weighted by Crippen LogP contribution is 2.27. The van der Waals surface area contributed by atoms with Crippen LogP contribution in [-0.4, -0.2) is 47.2 Å². The minimum absolute atomic E-state index is 0.0775. The zero-order chi connectivity index (χ0) is 12.7. The van der Waals surface area contributed by atoms with Crippen LogP contribution in [0, 0.1) is 0 Å². The molecule has 2 saturated heterocycles. The Labute approximate surface area is 103 Å². The van der Waals surface area contributed by atoms with Gasteiger partial charge in [0, 0.05) is 13.1 Å². The van der Waals surface area contributed by atoms with Gasteiger partial charge in [-0.3, -0.25) is 4.79 Å². The van der Waals surface area contributed by atoms with Crippen LogP contribution in [0.5, 0.6) is 0 Å². The first-order valence-electron chi connectivity index (χ1n) is 5.91. The zero-order valence-corrected chi connectivity index (χ0v) is 9.67. The zero-order valence-electron chi connectivity index (χ0n) is 9.67. The number of hydrogen-bond acceptors (Lipinski definition) is 4. The molecule has 6 heteroatoms. The Morgan fingerprint density at radius 3 is 2.33 bits per heavy atom. The summed E-state index contributed by atoms with van der Waals surface area (Å²) in [6.45, 7) is 1.11. The molecular formula is C12H13NO5. The highest BCUT2D eigenvalue weighted by Gasteiger charge is 2.36. The molecule has 2 fully saturated rings. The molecule has 18 heavy (non-hydrogen) atoms. The quantitative estimate of drug-likeness (QED) is 0.847. The summed E-state index contributed by atoms with van der Waals surface area (Å²) < 4.78 is 10.7. The van der Waals surface area contributed by atoms with Crippen molar-refractivity contribution in [2.75, 3.05) is 13.1 Å². The molecule has 2 aliphatic rings. The van der Waals surface area contributed by atoms with Crippen LogP contribution in [0.2, 0.25) is 0 Å². The first-order valence-corrected chi connectivity index (χ1v) is 5.91. The van der Waals surface area contributed by atoms with E-state index in [0.29, 0.717) is 13.1 Å². The van der Waals surface area contributed by atoms with E-state index in [-0.39, 0.29) is 29.6 Å². The number of ether oxygens (including phenoxy) is 1. The van der Waals surface area contributed by atoms with E-state index in [2.05, 4.69) is 0 Å². The van der Waals surface area contributed by atoms with E-state index in [1.807, 2.05) is 0 Å². The van der Waals surface area contributed by atoms with Crippen LogP contribution in [0.4, 0.5) is 0 Å². The van der Waals surface area contributed by atoms with Gasteiger partial charge in [-0.1, -0.05) is 0 Å². The van der Waals surface area contributed by atoms with Crippen molar-refractivity contribution >= 4 is 11.9 Å². The molecule has 0 radical (unpaired) electrons. The minimum atomic E-state index is -1.17. The summed E-state index contributed by atoms with van der Waals surface area (Å²) in [5.74, 6) is -1.57. The molecule has 0 aliphatic carbocycles. The van der Waals surface area contributed by atoms with Crippen molar-refractivity contribution in [3.8, 4) is 0 Å². The molecule has 0 spiro atoms. The summed E-state index contributed by atoms with van der Waals surface area (Å²) in [5.41, 5.74) is 0. The smallest absolute Gasteiger partial charge is 0.371 e. The number of carboxylic acid groups (broad SMARTS) is 1. The molecule has 96 valence electrons. The lowest BCUT2D eigenvalue weighted by molar-refractivity contribution is -0.0312. The number of nitrogens with zero attached hydrogens (tertiary/aromatic N) is 1. The maximum Gasteiger partial charge on any atom is 0.371 e. The van der Waals surface area contributed by atoms with Gasteiger partial charge in [0.2, 0.25) is 5.76 Å². The Balaban J connectivity index is 1.75. The summed E-state index contributed by atoms with van der Waals surface area (Å²) in [6.07, 6.45) is 2.18. The molecule has 2 aliphatic heterocycles. The van der Waals surface area contributed by atoms with Gasteiger partial charge in [-0.05, 0) is 25.0 Å². The molecule has 3 rings (SSSR count). The maximum absolute atomic E-state index is 12.1. The van der Waals surface area contributed by atoms with Gasteiger partial charge >= 0.3 is 5.97 Å². The van der Waals surface area contributed by atoms with E-state index in [0.717, 1.165) is 12.8 Å². The number of carboxylic acids is 1. The number of carbonyl (C=O) groups is 2. The van der Waals surface area contributed by atoms with Gasteiger partial charge in [-0.15, -0.1) is 0 Å². The average Bonchev–Trinajstić information content (AvgIpc) is 2.95. The largest absolute Gasteiger partial charge is 0.475 e. The molecule has 3 heterocycles. The van der Waals surface area contributed by atoms with Gasteiger partial charge in [0.15, 0.2) is 5.76 Å². The van der Waals surface area contributed by atoms with Crippen molar-refractivity contribution in [2.45, 2.75) is 25.0 Å². The Hall–Kier alpha value is -1.82. The van der Waals surface area contributed by atoms with Crippen LogP contribution in [0.15, 0.2) is 16.5 Å². The number of hydrogen-bond donors (Lipinski definition) is 1. The molecule has 1 N–H and O–H groups in total. The molecule has 2 bridgehead atoms. The third-order valence-electron chi connectivity index (χ3n) is 3.36. The van der Waals surface area contributed by atoms with Crippen molar-refractivity contribution < 1.29 is 23.8 Å². The van der Waals surface area contributed by atoms with Gasteiger partial charge in [0.1, 0.15) is 0 Å². The van der Waals surface area contributed by atoms with Crippen molar-refractivity contribution in [1.82, 2.24) is 4.90 Å². The third-order valence-corrected chi connectivity index (χ3v) is 3.36. The van der Waals surface area contributed by atoms with Crippen molar-refractivity contribution in [3.05, 3.63) is 23.7 Å². The molecule has 6 nitrogen and oxygen atoms in total. The van der Waals surface area contributed by atoms with E-state index < -0.39 is 5.97 Å². The van der Waals surface area contributed by atoms with E-state index in [1.54, 1.807) is 4.90 Å². The molecular weight excluding hydrogens is 238 g/mol. The number of fused-ring (bicyclic) bond motifs is 2. The summed E-state index contributed by atoms with van der Waals surface area (Å²) >= 11 is 0. The summed E-state index contributed by atoms with van der Waals surface area (Å²) in [7, 11) is 0.